The Balaban J connectivity index is 1.72. The summed E-state index contributed by atoms with van der Waals surface area (Å²) in [6.45, 7) is 4.60. The van der Waals surface area contributed by atoms with Gasteiger partial charge in [0.1, 0.15) is 0 Å². The molecule has 1 fully saturated rings. The lowest BCUT2D eigenvalue weighted by molar-refractivity contribution is -0.120. The molecule has 2 aromatic carbocycles. The number of carbonyl (C=O) groups excluding carboxylic acids is 1. The first-order valence-corrected chi connectivity index (χ1v) is 10.7. The van der Waals surface area contributed by atoms with Gasteiger partial charge in [0, 0.05) is 23.8 Å². The van der Waals surface area contributed by atoms with Gasteiger partial charge in [0.15, 0.2) is 0 Å². The number of piperidine rings is 1. The molecule has 0 unspecified atom stereocenters. The van der Waals surface area contributed by atoms with E-state index in [2.05, 4.69) is 5.32 Å². The first-order chi connectivity index (χ1) is 12.8. The number of carbonyl (C=O) groups is 1. The van der Waals surface area contributed by atoms with Gasteiger partial charge in [-0.3, -0.25) is 4.79 Å². The molecule has 1 amide bonds. The van der Waals surface area contributed by atoms with E-state index in [-0.39, 0.29) is 23.3 Å². The molecule has 0 aliphatic carbocycles. The number of amides is 1. The van der Waals surface area contributed by atoms with Crippen LogP contribution in [0.25, 0.3) is 0 Å². The van der Waals surface area contributed by atoms with Crippen molar-refractivity contribution >= 4 is 33.2 Å². The summed E-state index contributed by atoms with van der Waals surface area (Å²) in [6, 6.07) is 11.9. The molecule has 1 atom stereocenters. The van der Waals surface area contributed by atoms with Crippen LogP contribution in [0.3, 0.4) is 0 Å². The molecule has 1 heterocycles. The molecule has 27 heavy (non-hydrogen) atoms. The number of hydrogen-bond acceptors (Lipinski definition) is 3. The summed E-state index contributed by atoms with van der Waals surface area (Å²) in [5.41, 5.74) is 3.00. The van der Waals surface area contributed by atoms with Gasteiger partial charge in [0.2, 0.25) is 15.9 Å². The van der Waals surface area contributed by atoms with Gasteiger partial charge in [-0.15, -0.1) is 0 Å². The molecule has 1 N–H and O–H groups in total. The normalized spacial score (nSPS) is 18.3. The molecule has 0 radical (unpaired) electrons. The SMILES string of the molecule is Cc1ccc(NC(=O)[C@H]2CCCN(S(=O)(=O)c3ccc(Cl)cc3)C2)cc1C. The summed E-state index contributed by atoms with van der Waals surface area (Å²) in [5, 5.41) is 3.41. The van der Waals surface area contributed by atoms with Crippen LogP contribution in [0.4, 0.5) is 5.69 Å². The van der Waals surface area contributed by atoms with Crippen LogP contribution in [0.5, 0.6) is 0 Å². The van der Waals surface area contributed by atoms with Gasteiger partial charge in [-0.1, -0.05) is 17.7 Å². The number of benzene rings is 2. The molecule has 1 aliphatic heterocycles. The molecular formula is C20H23ClN2O3S. The number of rotatable bonds is 4. The highest BCUT2D eigenvalue weighted by atomic mass is 35.5. The monoisotopic (exact) mass is 406 g/mol. The van der Waals surface area contributed by atoms with E-state index in [1.54, 1.807) is 12.1 Å². The summed E-state index contributed by atoms with van der Waals surface area (Å²) in [6.07, 6.45) is 1.32. The molecule has 3 rings (SSSR count). The molecule has 0 saturated carbocycles. The molecule has 1 aliphatic rings. The van der Waals surface area contributed by atoms with Crippen molar-refractivity contribution in [1.29, 1.82) is 0 Å². The standard InChI is InChI=1S/C20H23ClN2O3S/c1-14-5-8-18(12-15(14)2)22-20(24)16-4-3-11-23(13-16)27(25,26)19-9-6-17(21)7-10-19/h5-10,12,16H,3-4,11,13H2,1-2H3,(H,22,24)/t16-/m0/s1. The van der Waals surface area contributed by atoms with Gasteiger partial charge >= 0.3 is 0 Å². The van der Waals surface area contributed by atoms with E-state index in [9.17, 15) is 13.2 Å². The summed E-state index contributed by atoms with van der Waals surface area (Å²) in [5.74, 6) is -0.517. The van der Waals surface area contributed by atoms with Crippen LogP contribution >= 0.6 is 11.6 Å². The molecule has 2 aromatic rings. The maximum atomic E-state index is 12.9. The number of nitrogens with one attached hydrogen (secondary N) is 1. The highest BCUT2D eigenvalue weighted by Crippen LogP contribution is 2.26. The third-order valence-corrected chi connectivity index (χ3v) is 7.11. The zero-order valence-corrected chi connectivity index (χ0v) is 17.0. The highest BCUT2D eigenvalue weighted by molar-refractivity contribution is 7.89. The lowest BCUT2D eigenvalue weighted by atomic mass is 9.98. The van der Waals surface area contributed by atoms with Gasteiger partial charge < -0.3 is 5.32 Å². The van der Waals surface area contributed by atoms with Crippen molar-refractivity contribution < 1.29 is 13.2 Å². The molecule has 144 valence electrons. The van der Waals surface area contributed by atoms with Crippen LogP contribution in [0.15, 0.2) is 47.4 Å². The Bertz CT molecular complexity index is 942. The van der Waals surface area contributed by atoms with Crippen LogP contribution < -0.4 is 5.32 Å². The quantitative estimate of drug-likeness (QED) is 0.834. The largest absolute Gasteiger partial charge is 0.326 e. The van der Waals surface area contributed by atoms with Crippen LogP contribution in [-0.4, -0.2) is 31.7 Å². The van der Waals surface area contributed by atoms with E-state index in [4.69, 9.17) is 11.6 Å². The predicted molar refractivity (Wildman–Crippen MR) is 107 cm³/mol. The number of halogens is 1. The van der Waals surface area contributed by atoms with E-state index in [1.807, 2.05) is 32.0 Å². The van der Waals surface area contributed by atoms with E-state index >= 15 is 0 Å². The maximum Gasteiger partial charge on any atom is 0.243 e. The van der Waals surface area contributed by atoms with Gasteiger partial charge in [0.05, 0.1) is 10.8 Å². The predicted octanol–water partition coefficient (Wildman–Crippen LogP) is 4.00. The zero-order valence-electron chi connectivity index (χ0n) is 15.4. The minimum atomic E-state index is -3.64. The molecule has 0 aromatic heterocycles. The summed E-state index contributed by atoms with van der Waals surface area (Å²) >= 11 is 5.85. The molecular weight excluding hydrogens is 384 g/mol. The van der Waals surface area contributed by atoms with Crippen molar-refractivity contribution in [2.24, 2.45) is 5.92 Å². The fraction of sp³-hybridized carbons (Fsp3) is 0.350. The third-order valence-electron chi connectivity index (χ3n) is 4.98. The summed E-state index contributed by atoms with van der Waals surface area (Å²) < 4.78 is 27.1. The van der Waals surface area contributed by atoms with Gasteiger partial charge in [-0.05, 0) is 74.2 Å². The van der Waals surface area contributed by atoms with E-state index < -0.39 is 10.0 Å². The maximum absolute atomic E-state index is 12.9. The molecule has 1 saturated heterocycles. The Morgan fingerprint density at radius 3 is 2.48 bits per heavy atom. The van der Waals surface area contributed by atoms with Gasteiger partial charge in [0.25, 0.3) is 0 Å². The minimum Gasteiger partial charge on any atom is -0.326 e. The van der Waals surface area contributed by atoms with Crippen LogP contribution in [0.1, 0.15) is 24.0 Å². The topological polar surface area (TPSA) is 66.5 Å². The minimum absolute atomic E-state index is 0.144. The van der Waals surface area contributed by atoms with Crippen molar-refractivity contribution in [3.8, 4) is 0 Å². The number of sulfonamides is 1. The smallest absolute Gasteiger partial charge is 0.243 e. The molecule has 0 bridgehead atoms. The Kier molecular flexibility index (Phi) is 5.89. The lowest BCUT2D eigenvalue weighted by Crippen LogP contribution is -2.43. The highest BCUT2D eigenvalue weighted by Gasteiger charge is 2.33. The fourth-order valence-corrected chi connectivity index (χ4v) is 4.84. The van der Waals surface area contributed by atoms with E-state index in [0.29, 0.717) is 24.4 Å². The average Bonchev–Trinajstić information content (AvgIpc) is 2.65. The number of hydrogen-bond donors (Lipinski definition) is 1. The molecule has 7 heteroatoms. The number of nitrogens with zero attached hydrogens (tertiary/aromatic N) is 1. The second-order valence-electron chi connectivity index (χ2n) is 6.94. The summed E-state index contributed by atoms with van der Waals surface area (Å²) in [4.78, 5) is 12.9. The van der Waals surface area contributed by atoms with Crippen molar-refractivity contribution in [3.05, 3.63) is 58.6 Å². The second-order valence-corrected chi connectivity index (χ2v) is 9.32. The lowest BCUT2D eigenvalue weighted by Gasteiger charge is -2.31. The van der Waals surface area contributed by atoms with Crippen molar-refractivity contribution in [2.45, 2.75) is 31.6 Å². The second kappa shape index (κ2) is 8.00. The van der Waals surface area contributed by atoms with Crippen molar-refractivity contribution in [2.75, 3.05) is 18.4 Å². The fourth-order valence-electron chi connectivity index (χ4n) is 3.19. The molecule has 5 nitrogen and oxygen atoms in total. The number of anilines is 1. The Morgan fingerprint density at radius 1 is 1.11 bits per heavy atom. The third kappa shape index (κ3) is 4.51. The van der Waals surface area contributed by atoms with Crippen LogP contribution in [0.2, 0.25) is 5.02 Å². The van der Waals surface area contributed by atoms with Crippen LogP contribution in [-0.2, 0) is 14.8 Å². The van der Waals surface area contributed by atoms with E-state index in [1.165, 1.54) is 16.4 Å². The molecule has 0 spiro atoms. The van der Waals surface area contributed by atoms with Crippen molar-refractivity contribution in [1.82, 2.24) is 4.31 Å². The first-order valence-electron chi connectivity index (χ1n) is 8.91. The summed E-state index contributed by atoms with van der Waals surface area (Å²) in [7, 11) is -3.64. The average molecular weight is 407 g/mol. The Morgan fingerprint density at radius 2 is 1.81 bits per heavy atom. The Labute approximate surface area is 165 Å². The zero-order chi connectivity index (χ0) is 19.6. The van der Waals surface area contributed by atoms with Crippen molar-refractivity contribution in [3.63, 3.8) is 0 Å². The number of aryl methyl sites for hydroxylation is 2. The van der Waals surface area contributed by atoms with E-state index in [0.717, 1.165) is 16.8 Å². The van der Waals surface area contributed by atoms with Gasteiger partial charge in [-0.25, -0.2) is 8.42 Å². The van der Waals surface area contributed by atoms with Gasteiger partial charge in [-0.2, -0.15) is 4.31 Å². The van der Waals surface area contributed by atoms with Crippen LogP contribution in [0, 0.1) is 19.8 Å². The first kappa shape index (κ1) is 19.9. The Hall–Kier alpha value is -1.89.